The average molecular weight is 433 g/mol. The molecular weight excluding hydrogens is 408 g/mol. The number of carbonyl (C=O) groups is 1. The monoisotopic (exact) mass is 432 g/mol. The molecular formula is C20H25ClN6OS. The molecule has 1 fully saturated rings. The number of nitrogens with zero attached hydrogens (tertiary/aromatic N) is 5. The number of rotatable bonds is 4. The van der Waals surface area contributed by atoms with Crippen molar-refractivity contribution in [2.24, 2.45) is 0 Å². The van der Waals surface area contributed by atoms with Crippen molar-refractivity contribution in [3.63, 3.8) is 0 Å². The molecule has 0 aliphatic carbocycles. The summed E-state index contributed by atoms with van der Waals surface area (Å²) in [5.74, 6) is 2.21. The van der Waals surface area contributed by atoms with E-state index in [2.05, 4.69) is 25.1 Å². The molecule has 5 rings (SSSR count). The summed E-state index contributed by atoms with van der Waals surface area (Å²) >= 11 is 1.64. The number of thiazole rings is 1. The number of halogens is 1. The predicted molar refractivity (Wildman–Crippen MR) is 115 cm³/mol. The Morgan fingerprint density at radius 2 is 1.93 bits per heavy atom. The van der Waals surface area contributed by atoms with E-state index in [-0.39, 0.29) is 18.3 Å². The lowest BCUT2D eigenvalue weighted by molar-refractivity contribution is 0.0788. The van der Waals surface area contributed by atoms with E-state index in [1.807, 2.05) is 17.2 Å². The van der Waals surface area contributed by atoms with E-state index in [1.165, 1.54) is 19.3 Å². The first-order valence-corrected chi connectivity index (χ1v) is 11.0. The van der Waals surface area contributed by atoms with E-state index >= 15 is 0 Å². The number of aromatic amines is 1. The van der Waals surface area contributed by atoms with Gasteiger partial charge in [0.05, 0.1) is 12.1 Å². The maximum absolute atomic E-state index is 12.5. The number of aryl methyl sites for hydroxylation is 1. The molecule has 29 heavy (non-hydrogen) atoms. The molecule has 7 nitrogen and oxygen atoms in total. The van der Waals surface area contributed by atoms with Crippen molar-refractivity contribution in [2.45, 2.75) is 51.5 Å². The second-order valence-corrected chi connectivity index (χ2v) is 8.54. The van der Waals surface area contributed by atoms with Gasteiger partial charge in [-0.2, -0.15) is 0 Å². The lowest BCUT2D eigenvalue weighted by Gasteiger charge is -2.13. The zero-order valence-corrected chi connectivity index (χ0v) is 17.9. The Hall–Kier alpha value is -2.19. The number of fused-ring (bicyclic) bond motifs is 1. The Balaban J connectivity index is 0.00000205. The van der Waals surface area contributed by atoms with Gasteiger partial charge in [-0.25, -0.2) is 4.98 Å². The number of aromatic nitrogens is 5. The molecule has 0 aromatic carbocycles. The fourth-order valence-corrected chi connectivity index (χ4v) is 4.89. The van der Waals surface area contributed by atoms with Crippen LogP contribution < -0.4 is 0 Å². The van der Waals surface area contributed by atoms with Gasteiger partial charge < -0.3 is 14.5 Å². The second-order valence-electron chi connectivity index (χ2n) is 7.60. The van der Waals surface area contributed by atoms with E-state index < -0.39 is 0 Å². The van der Waals surface area contributed by atoms with Crippen LogP contribution in [0, 0.1) is 0 Å². The number of nitrogens with one attached hydrogen (secondary N) is 1. The third-order valence-electron chi connectivity index (χ3n) is 5.65. The number of hydrogen-bond donors (Lipinski definition) is 1. The molecule has 154 valence electrons. The van der Waals surface area contributed by atoms with Crippen molar-refractivity contribution in [3.8, 4) is 11.3 Å². The van der Waals surface area contributed by atoms with Crippen molar-refractivity contribution in [2.75, 3.05) is 13.1 Å². The second kappa shape index (κ2) is 8.67. The Morgan fingerprint density at radius 1 is 1.10 bits per heavy atom. The van der Waals surface area contributed by atoms with E-state index in [0.717, 1.165) is 66.8 Å². The lowest BCUT2D eigenvalue weighted by atomic mass is 10.2. The minimum absolute atomic E-state index is 0. The zero-order chi connectivity index (χ0) is 18.9. The van der Waals surface area contributed by atoms with Crippen LogP contribution in [0.1, 0.15) is 59.2 Å². The third-order valence-corrected chi connectivity index (χ3v) is 6.50. The molecule has 0 spiro atoms. The minimum Gasteiger partial charge on any atom is -0.357 e. The normalized spacial score (nSPS) is 16.3. The van der Waals surface area contributed by atoms with Crippen molar-refractivity contribution in [1.29, 1.82) is 0 Å². The van der Waals surface area contributed by atoms with Gasteiger partial charge in [0.1, 0.15) is 22.4 Å². The Labute approximate surface area is 180 Å². The first-order chi connectivity index (χ1) is 13.8. The summed E-state index contributed by atoms with van der Waals surface area (Å²) in [6.45, 7) is 2.73. The van der Waals surface area contributed by atoms with E-state index in [4.69, 9.17) is 4.98 Å². The standard InChI is InChI=1S/C20H24N6OS.ClH/c27-20(25-7-4-5-8-25)15-10-14(12-21-15)16-13-28-19(22-16)11-18-24-23-17-6-2-1-3-9-26(17)18;/h10,12-13,21H,1-9,11H2;1H. The van der Waals surface area contributed by atoms with E-state index in [9.17, 15) is 4.79 Å². The average Bonchev–Trinajstić information content (AvgIpc) is 3.48. The highest BCUT2D eigenvalue weighted by atomic mass is 35.5. The molecule has 0 saturated carbocycles. The van der Waals surface area contributed by atoms with Gasteiger partial charge >= 0.3 is 0 Å². The summed E-state index contributed by atoms with van der Waals surface area (Å²) in [6, 6.07) is 1.92. The van der Waals surface area contributed by atoms with Gasteiger partial charge in [-0.05, 0) is 31.7 Å². The Kier molecular flexibility index (Phi) is 6.01. The highest BCUT2D eigenvalue weighted by Gasteiger charge is 2.21. The first-order valence-electron chi connectivity index (χ1n) is 10.1. The van der Waals surface area contributed by atoms with Gasteiger partial charge in [0, 0.05) is 43.2 Å². The fraction of sp³-hybridized carbons (Fsp3) is 0.500. The predicted octanol–water partition coefficient (Wildman–Crippen LogP) is 3.70. The number of H-pyrrole nitrogens is 1. The summed E-state index contributed by atoms with van der Waals surface area (Å²) in [7, 11) is 0. The van der Waals surface area contributed by atoms with Gasteiger partial charge in [-0.3, -0.25) is 4.79 Å². The first kappa shape index (κ1) is 20.1. The molecule has 5 heterocycles. The quantitative estimate of drug-likeness (QED) is 0.681. The highest BCUT2D eigenvalue weighted by Crippen LogP contribution is 2.25. The molecule has 0 unspecified atom stereocenters. The topological polar surface area (TPSA) is 79.7 Å². The van der Waals surface area contributed by atoms with Crippen molar-refractivity contribution < 1.29 is 4.79 Å². The zero-order valence-electron chi connectivity index (χ0n) is 16.3. The summed E-state index contributed by atoms with van der Waals surface area (Å²) in [5.41, 5.74) is 2.52. The Morgan fingerprint density at radius 3 is 2.79 bits per heavy atom. The summed E-state index contributed by atoms with van der Waals surface area (Å²) in [4.78, 5) is 22.4. The van der Waals surface area contributed by atoms with Crippen LogP contribution in [0.5, 0.6) is 0 Å². The van der Waals surface area contributed by atoms with Gasteiger partial charge in [0.25, 0.3) is 5.91 Å². The van der Waals surface area contributed by atoms with Gasteiger partial charge in [0.15, 0.2) is 0 Å². The van der Waals surface area contributed by atoms with E-state index in [0.29, 0.717) is 12.1 Å². The summed E-state index contributed by atoms with van der Waals surface area (Å²) < 4.78 is 2.27. The third kappa shape index (κ3) is 4.09. The van der Waals surface area contributed by atoms with Crippen LogP contribution in [0.3, 0.4) is 0 Å². The minimum atomic E-state index is 0. The van der Waals surface area contributed by atoms with E-state index in [1.54, 1.807) is 11.3 Å². The molecule has 2 aliphatic rings. The van der Waals surface area contributed by atoms with Crippen LogP contribution >= 0.6 is 23.7 Å². The van der Waals surface area contributed by atoms with Gasteiger partial charge in [0.2, 0.25) is 0 Å². The fourth-order valence-electron chi connectivity index (χ4n) is 4.09. The molecule has 9 heteroatoms. The number of carbonyl (C=O) groups excluding carboxylic acids is 1. The molecule has 0 atom stereocenters. The number of likely N-dealkylation sites (tertiary alicyclic amines) is 1. The maximum Gasteiger partial charge on any atom is 0.270 e. The molecule has 1 amide bonds. The van der Waals surface area contributed by atoms with Crippen LogP contribution in [0.4, 0.5) is 0 Å². The molecule has 2 aliphatic heterocycles. The van der Waals surface area contributed by atoms with Crippen molar-refractivity contribution >= 4 is 29.7 Å². The number of hydrogen-bond acceptors (Lipinski definition) is 5. The summed E-state index contributed by atoms with van der Waals surface area (Å²) in [5, 5.41) is 11.9. The van der Waals surface area contributed by atoms with Crippen molar-refractivity contribution in [3.05, 3.63) is 40.0 Å². The molecule has 3 aromatic heterocycles. The smallest absolute Gasteiger partial charge is 0.270 e. The maximum atomic E-state index is 12.5. The van der Waals surface area contributed by atoms with Crippen LogP contribution in [0.25, 0.3) is 11.3 Å². The van der Waals surface area contributed by atoms with Gasteiger partial charge in [-0.1, -0.05) is 6.42 Å². The van der Waals surface area contributed by atoms with Crippen molar-refractivity contribution in [1.82, 2.24) is 29.6 Å². The molecule has 1 N–H and O–H groups in total. The van der Waals surface area contributed by atoms with Crippen LogP contribution in [0.2, 0.25) is 0 Å². The molecule has 0 bridgehead atoms. The molecule has 0 radical (unpaired) electrons. The molecule has 3 aromatic rings. The lowest BCUT2D eigenvalue weighted by Crippen LogP contribution is -2.27. The molecule has 1 saturated heterocycles. The van der Waals surface area contributed by atoms with Crippen LogP contribution in [-0.2, 0) is 19.4 Å². The van der Waals surface area contributed by atoms with Crippen LogP contribution in [0.15, 0.2) is 17.6 Å². The Bertz CT molecular complexity index is 987. The SMILES string of the molecule is Cl.O=C(c1cc(-c2csc(Cc3nnc4n3CCCCC4)n2)c[nH]1)N1CCCC1. The van der Waals surface area contributed by atoms with Gasteiger partial charge in [-0.15, -0.1) is 33.9 Å². The summed E-state index contributed by atoms with van der Waals surface area (Å²) in [6.07, 6.45) is 9.46. The highest BCUT2D eigenvalue weighted by molar-refractivity contribution is 7.10. The largest absolute Gasteiger partial charge is 0.357 e. The number of amides is 1. The van der Waals surface area contributed by atoms with Crippen LogP contribution in [-0.4, -0.2) is 48.6 Å².